The molecule has 2 N–H and O–H groups in total. The molecule has 0 atom stereocenters. The van der Waals surface area contributed by atoms with Crippen molar-refractivity contribution in [3.05, 3.63) is 58.5 Å². The normalized spacial score (nSPS) is 12.1. The highest BCUT2D eigenvalue weighted by Gasteiger charge is 2.05. The highest BCUT2D eigenvalue weighted by Crippen LogP contribution is 2.11. The number of aromatic amines is 1. The molecular formula is C12H12ClN3O2S. The van der Waals surface area contributed by atoms with Gasteiger partial charge in [0.2, 0.25) is 10.0 Å². The third kappa shape index (κ3) is 4.51. The van der Waals surface area contributed by atoms with E-state index in [4.69, 9.17) is 11.6 Å². The number of halogens is 1. The Hall–Kier alpha value is -1.63. The van der Waals surface area contributed by atoms with E-state index in [-0.39, 0.29) is 6.54 Å². The predicted molar refractivity (Wildman–Crippen MR) is 74.8 cm³/mol. The first-order valence-electron chi connectivity index (χ1n) is 5.47. The number of rotatable bonds is 5. The first-order chi connectivity index (χ1) is 9.05. The average Bonchev–Trinajstić information content (AvgIpc) is 2.89. The fourth-order valence-corrected chi connectivity index (χ4v) is 2.25. The van der Waals surface area contributed by atoms with Gasteiger partial charge in [0, 0.05) is 22.8 Å². The molecule has 1 heterocycles. The van der Waals surface area contributed by atoms with Crippen molar-refractivity contribution in [1.29, 1.82) is 0 Å². The number of imidazole rings is 1. The van der Waals surface area contributed by atoms with Gasteiger partial charge in [-0.15, -0.1) is 0 Å². The second kappa shape index (κ2) is 6.01. The molecule has 1 aromatic carbocycles. The van der Waals surface area contributed by atoms with Crippen LogP contribution in [-0.2, 0) is 16.6 Å². The first kappa shape index (κ1) is 13.8. The molecule has 0 aliphatic carbocycles. The quantitative estimate of drug-likeness (QED) is 0.888. The fourth-order valence-electron chi connectivity index (χ4n) is 1.35. The zero-order valence-electron chi connectivity index (χ0n) is 9.88. The van der Waals surface area contributed by atoms with Crippen LogP contribution in [0.25, 0.3) is 6.08 Å². The van der Waals surface area contributed by atoms with Gasteiger partial charge in [-0.25, -0.2) is 18.1 Å². The van der Waals surface area contributed by atoms with E-state index in [0.29, 0.717) is 10.8 Å². The van der Waals surface area contributed by atoms with E-state index in [1.165, 1.54) is 6.08 Å². The molecular weight excluding hydrogens is 286 g/mol. The van der Waals surface area contributed by atoms with E-state index in [1.54, 1.807) is 36.7 Å². The highest BCUT2D eigenvalue weighted by molar-refractivity contribution is 7.92. The Morgan fingerprint density at radius 2 is 2.05 bits per heavy atom. The minimum absolute atomic E-state index is 0.125. The van der Waals surface area contributed by atoms with Crippen molar-refractivity contribution in [1.82, 2.24) is 14.7 Å². The molecule has 1 aromatic heterocycles. The number of hydrogen-bond acceptors (Lipinski definition) is 3. The van der Waals surface area contributed by atoms with Crippen LogP contribution in [0.1, 0.15) is 11.4 Å². The van der Waals surface area contributed by atoms with Crippen molar-refractivity contribution in [2.24, 2.45) is 0 Å². The molecule has 0 aliphatic rings. The van der Waals surface area contributed by atoms with Crippen LogP contribution in [0.5, 0.6) is 0 Å². The fraction of sp³-hybridized carbons (Fsp3) is 0.0833. The van der Waals surface area contributed by atoms with Crippen molar-refractivity contribution >= 4 is 27.7 Å². The molecule has 7 heteroatoms. The number of sulfonamides is 1. The summed E-state index contributed by atoms with van der Waals surface area (Å²) in [6, 6.07) is 6.87. The van der Waals surface area contributed by atoms with E-state index in [1.807, 2.05) is 0 Å². The van der Waals surface area contributed by atoms with Crippen LogP contribution in [0.3, 0.4) is 0 Å². The summed E-state index contributed by atoms with van der Waals surface area (Å²) in [6.07, 6.45) is 4.70. The van der Waals surface area contributed by atoms with Crippen molar-refractivity contribution in [3.8, 4) is 0 Å². The van der Waals surface area contributed by atoms with E-state index >= 15 is 0 Å². The molecule has 0 unspecified atom stereocenters. The predicted octanol–water partition coefficient (Wildman–Crippen LogP) is 2.15. The number of H-pyrrole nitrogens is 1. The molecule has 2 aromatic rings. The van der Waals surface area contributed by atoms with Gasteiger partial charge in [0.05, 0.1) is 6.54 Å². The first-order valence-corrected chi connectivity index (χ1v) is 7.39. The largest absolute Gasteiger partial charge is 0.347 e. The summed E-state index contributed by atoms with van der Waals surface area (Å²) in [5.41, 5.74) is 0.757. The van der Waals surface area contributed by atoms with Gasteiger partial charge in [-0.3, -0.25) is 0 Å². The SMILES string of the molecule is O=S(=O)(C=Cc1ccc(Cl)cc1)NCc1ncc[nH]1. The van der Waals surface area contributed by atoms with Crippen LogP contribution in [0, 0.1) is 0 Å². The highest BCUT2D eigenvalue weighted by atomic mass is 35.5. The standard InChI is InChI=1S/C12H12ClN3O2S/c13-11-3-1-10(2-4-11)5-8-19(17,18)16-9-12-14-6-7-15-12/h1-8,16H,9H2,(H,14,15). The lowest BCUT2D eigenvalue weighted by molar-refractivity contribution is 0.589. The van der Waals surface area contributed by atoms with Crippen molar-refractivity contribution in [2.45, 2.75) is 6.54 Å². The maximum atomic E-state index is 11.7. The molecule has 0 fully saturated rings. The van der Waals surface area contributed by atoms with Crippen molar-refractivity contribution in [3.63, 3.8) is 0 Å². The van der Waals surface area contributed by atoms with Gasteiger partial charge in [-0.2, -0.15) is 0 Å². The molecule has 2 rings (SSSR count). The molecule has 0 saturated carbocycles. The van der Waals surface area contributed by atoms with Gasteiger partial charge in [0.1, 0.15) is 5.82 Å². The number of aromatic nitrogens is 2. The molecule has 100 valence electrons. The molecule has 0 saturated heterocycles. The lowest BCUT2D eigenvalue weighted by Crippen LogP contribution is -2.21. The lowest BCUT2D eigenvalue weighted by Gasteiger charge is -2.00. The third-order valence-electron chi connectivity index (χ3n) is 2.31. The zero-order chi connectivity index (χ0) is 13.7. The Morgan fingerprint density at radius 3 is 2.68 bits per heavy atom. The molecule has 0 aliphatic heterocycles. The molecule has 0 radical (unpaired) electrons. The van der Waals surface area contributed by atoms with E-state index < -0.39 is 10.0 Å². The second-order valence-corrected chi connectivity index (χ2v) is 5.84. The Balaban J connectivity index is 1.98. The summed E-state index contributed by atoms with van der Waals surface area (Å²) in [6.45, 7) is 0.125. The van der Waals surface area contributed by atoms with Crippen LogP contribution < -0.4 is 4.72 Å². The number of nitrogens with one attached hydrogen (secondary N) is 2. The van der Waals surface area contributed by atoms with Gasteiger partial charge in [-0.05, 0) is 23.8 Å². The van der Waals surface area contributed by atoms with Crippen LogP contribution in [-0.4, -0.2) is 18.4 Å². The maximum absolute atomic E-state index is 11.7. The van der Waals surface area contributed by atoms with E-state index in [0.717, 1.165) is 11.0 Å². The van der Waals surface area contributed by atoms with Crippen molar-refractivity contribution < 1.29 is 8.42 Å². The second-order valence-electron chi connectivity index (χ2n) is 3.76. The summed E-state index contributed by atoms with van der Waals surface area (Å²) in [5.74, 6) is 0.559. The minimum atomic E-state index is -3.49. The Morgan fingerprint density at radius 1 is 1.32 bits per heavy atom. The van der Waals surface area contributed by atoms with Crippen LogP contribution in [0.2, 0.25) is 5.02 Å². The molecule has 19 heavy (non-hydrogen) atoms. The van der Waals surface area contributed by atoms with Gasteiger partial charge in [0.25, 0.3) is 0 Å². The van der Waals surface area contributed by atoms with E-state index in [2.05, 4.69) is 14.7 Å². The number of benzene rings is 1. The van der Waals surface area contributed by atoms with Gasteiger partial charge in [-0.1, -0.05) is 23.7 Å². The minimum Gasteiger partial charge on any atom is -0.347 e. The monoisotopic (exact) mass is 297 g/mol. The molecule has 0 amide bonds. The van der Waals surface area contributed by atoms with Gasteiger partial charge >= 0.3 is 0 Å². The summed E-state index contributed by atoms with van der Waals surface area (Å²) < 4.78 is 25.8. The molecule has 0 bridgehead atoms. The smallest absolute Gasteiger partial charge is 0.234 e. The number of nitrogens with zero attached hydrogens (tertiary/aromatic N) is 1. The topological polar surface area (TPSA) is 74.8 Å². The van der Waals surface area contributed by atoms with Gasteiger partial charge in [0.15, 0.2) is 0 Å². The Labute approximate surface area is 116 Å². The summed E-state index contributed by atoms with van der Waals surface area (Å²) in [7, 11) is -3.49. The van der Waals surface area contributed by atoms with Gasteiger partial charge < -0.3 is 4.98 Å². The maximum Gasteiger partial charge on any atom is 0.234 e. The Bertz CT molecular complexity index is 649. The average molecular weight is 298 g/mol. The zero-order valence-corrected chi connectivity index (χ0v) is 11.4. The van der Waals surface area contributed by atoms with E-state index in [9.17, 15) is 8.42 Å². The van der Waals surface area contributed by atoms with Crippen LogP contribution in [0.4, 0.5) is 0 Å². The van der Waals surface area contributed by atoms with Crippen LogP contribution >= 0.6 is 11.6 Å². The number of hydrogen-bond donors (Lipinski definition) is 2. The van der Waals surface area contributed by atoms with Crippen molar-refractivity contribution in [2.75, 3.05) is 0 Å². The third-order valence-corrected chi connectivity index (χ3v) is 3.60. The van der Waals surface area contributed by atoms with Crippen LogP contribution in [0.15, 0.2) is 42.1 Å². The Kier molecular flexibility index (Phi) is 4.36. The summed E-state index contributed by atoms with van der Waals surface area (Å²) in [5, 5.41) is 1.72. The summed E-state index contributed by atoms with van der Waals surface area (Å²) in [4.78, 5) is 6.74. The molecule has 0 spiro atoms. The summed E-state index contributed by atoms with van der Waals surface area (Å²) >= 11 is 5.74. The molecule has 5 nitrogen and oxygen atoms in total. The lowest BCUT2D eigenvalue weighted by atomic mass is 10.2.